The lowest BCUT2D eigenvalue weighted by Gasteiger charge is -2.06. The molecule has 1 heterocycles. The number of rotatable bonds is 8. The summed E-state index contributed by atoms with van der Waals surface area (Å²) in [7, 11) is 0. The van der Waals surface area contributed by atoms with Gasteiger partial charge in [-0.3, -0.25) is 14.9 Å². The Kier molecular flexibility index (Phi) is 5.91. The van der Waals surface area contributed by atoms with Crippen molar-refractivity contribution in [1.29, 1.82) is 0 Å². The highest BCUT2D eigenvalue weighted by Gasteiger charge is 2.04. The van der Waals surface area contributed by atoms with Crippen LogP contribution in [0.5, 0.6) is 0 Å². The molecule has 0 aliphatic carbocycles. The van der Waals surface area contributed by atoms with Gasteiger partial charge in [0.15, 0.2) is 0 Å². The molecule has 0 bridgehead atoms. The van der Waals surface area contributed by atoms with Crippen LogP contribution in [0.2, 0.25) is 0 Å². The zero-order valence-electron chi connectivity index (χ0n) is 12.0. The number of nitrogens with one attached hydrogen (secondary N) is 2. The molecule has 2 rings (SSSR count). The highest BCUT2D eigenvalue weighted by molar-refractivity contribution is 7.09. The second kappa shape index (κ2) is 8.14. The summed E-state index contributed by atoms with van der Waals surface area (Å²) < 4.78 is 0. The Balaban J connectivity index is 1.62. The molecule has 0 spiro atoms. The number of amides is 1. The number of nitrogens with zero attached hydrogens (tertiary/aromatic N) is 1. The molecule has 2 aromatic rings. The maximum absolute atomic E-state index is 11.7. The van der Waals surface area contributed by atoms with E-state index in [1.165, 1.54) is 12.1 Å². The number of hydrogen-bond donors (Lipinski definition) is 2. The van der Waals surface area contributed by atoms with Crippen molar-refractivity contribution in [3.63, 3.8) is 0 Å². The van der Waals surface area contributed by atoms with Crippen LogP contribution >= 0.6 is 11.3 Å². The molecule has 1 aromatic carbocycles. The molecule has 0 radical (unpaired) electrons. The molecule has 0 fully saturated rings. The molecule has 0 unspecified atom stereocenters. The fourth-order valence-electron chi connectivity index (χ4n) is 1.87. The minimum Gasteiger partial charge on any atom is -0.385 e. The van der Waals surface area contributed by atoms with Crippen molar-refractivity contribution in [2.45, 2.75) is 19.4 Å². The van der Waals surface area contributed by atoms with E-state index in [9.17, 15) is 14.9 Å². The summed E-state index contributed by atoms with van der Waals surface area (Å²) in [5.41, 5.74) is 0.878. The summed E-state index contributed by atoms with van der Waals surface area (Å²) >= 11 is 1.62. The van der Waals surface area contributed by atoms with Crippen LogP contribution < -0.4 is 10.6 Å². The zero-order valence-corrected chi connectivity index (χ0v) is 12.8. The van der Waals surface area contributed by atoms with Crippen LogP contribution in [0.4, 0.5) is 11.4 Å². The van der Waals surface area contributed by atoms with Crippen LogP contribution in [0.15, 0.2) is 41.8 Å². The summed E-state index contributed by atoms with van der Waals surface area (Å²) in [6, 6.07) is 10.2. The largest absolute Gasteiger partial charge is 0.385 e. The SMILES string of the molecule is O=C(CCCNc1ccc([N+](=O)[O-])cc1)NCc1cccs1. The van der Waals surface area contributed by atoms with Gasteiger partial charge < -0.3 is 10.6 Å². The van der Waals surface area contributed by atoms with E-state index in [1.54, 1.807) is 23.5 Å². The Morgan fingerprint density at radius 3 is 2.64 bits per heavy atom. The van der Waals surface area contributed by atoms with Crippen LogP contribution in [0.3, 0.4) is 0 Å². The highest BCUT2D eigenvalue weighted by atomic mass is 32.1. The lowest BCUT2D eigenvalue weighted by molar-refractivity contribution is -0.384. The van der Waals surface area contributed by atoms with Crippen molar-refractivity contribution in [2.24, 2.45) is 0 Å². The van der Waals surface area contributed by atoms with Crippen LogP contribution in [0.25, 0.3) is 0 Å². The number of carbonyl (C=O) groups is 1. The van der Waals surface area contributed by atoms with Crippen molar-refractivity contribution in [3.8, 4) is 0 Å². The molecule has 0 atom stereocenters. The lowest BCUT2D eigenvalue weighted by atomic mass is 10.2. The lowest BCUT2D eigenvalue weighted by Crippen LogP contribution is -2.22. The second-order valence-electron chi connectivity index (χ2n) is 4.69. The first-order chi connectivity index (χ1) is 10.6. The van der Waals surface area contributed by atoms with Crippen LogP contribution in [0, 0.1) is 10.1 Å². The number of hydrogen-bond acceptors (Lipinski definition) is 5. The normalized spacial score (nSPS) is 10.2. The fourth-order valence-corrected chi connectivity index (χ4v) is 2.51. The quantitative estimate of drug-likeness (QED) is 0.445. The van der Waals surface area contributed by atoms with Gasteiger partial charge in [-0.25, -0.2) is 0 Å². The predicted octanol–water partition coefficient (Wildman–Crippen LogP) is 3.16. The third-order valence-electron chi connectivity index (χ3n) is 3.03. The molecule has 6 nitrogen and oxygen atoms in total. The molecule has 0 aliphatic heterocycles. The maximum atomic E-state index is 11.7. The standard InChI is InChI=1S/C15H17N3O3S/c19-15(17-11-14-3-2-10-22-14)4-1-9-16-12-5-7-13(8-6-12)18(20)21/h2-3,5-8,10,16H,1,4,9,11H2,(H,17,19). The molecular weight excluding hydrogens is 302 g/mol. The monoisotopic (exact) mass is 319 g/mol. The first-order valence-electron chi connectivity index (χ1n) is 6.92. The summed E-state index contributed by atoms with van der Waals surface area (Å²) in [5.74, 6) is 0.0268. The van der Waals surface area contributed by atoms with Gasteiger partial charge in [-0.2, -0.15) is 0 Å². The van der Waals surface area contributed by atoms with Crippen LogP contribution in [-0.4, -0.2) is 17.4 Å². The molecule has 1 amide bonds. The van der Waals surface area contributed by atoms with Gasteiger partial charge in [-0.1, -0.05) is 6.07 Å². The van der Waals surface area contributed by atoms with E-state index in [0.29, 0.717) is 25.9 Å². The number of nitro groups is 1. The predicted molar refractivity (Wildman–Crippen MR) is 87.0 cm³/mol. The average molecular weight is 319 g/mol. The molecule has 2 N–H and O–H groups in total. The van der Waals surface area contributed by atoms with Crippen LogP contribution in [-0.2, 0) is 11.3 Å². The fraction of sp³-hybridized carbons (Fsp3) is 0.267. The third-order valence-corrected chi connectivity index (χ3v) is 3.90. The van der Waals surface area contributed by atoms with Crippen molar-refractivity contribution < 1.29 is 9.72 Å². The topological polar surface area (TPSA) is 84.3 Å². The highest BCUT2D eigenvalue weighted by Crippen LogP contribution is 2.15. The Bertz CT molecular complexity index is 611. The van der Waals surface area contributed by atoms with E-state index in [-0.39, 0.29) is 11.6 Å². The summed E-state index contributed by atoms with van der Waals surface area (Å²) in [6.07, 6.45) is 1.15. The second-order valence-corrected chi connectivity index (χ2v) is 5.72. The van der Waals surface area contributed by atoms with Gasteiger partial charge in [0.05, 0.1) is 11.5 Å². The van der Waals surface area contributed by atoms with Gasteiger partial charge in [0.1, 0.15) is 0 Å². The van der Waals surface area contributed by atoms with Gasteiger partial charge in [0.2, 0.25) is 5.91 Å². The van der Waals surface area contributed by atoms with Gasteiger partial charge >= 0.3 is 0 Å². The molecule has 7 heteroatoms. The van der Waals surface area contributed by atoms with Crippen molar-refractivity contribution in [3.05, 3.63) is 56.8 Å². The van der Waals surface area contributed by atoms with Crippen molar-refractivity contribution in [2.75, 3.05) is 11.9 Å². The number of non-ortho nitro benzene ring substituents is 1. The molecule has 116 valence electrons. The number of nitro benzene ring substituents is 1. The van der Waals surface area contributed by atoms with Gasteiger partial charge in [-0.15, -0.1) is 11.3 Å². The molecular formula is C15H17N3O3S. The number of benzene rings is 1. The first-order valence-corrected chi connectivity index (χ1v) is 7.80. The van der Waals surface area contributed by atoms with E-state index < -0.39 is 4.92 Å². The minimum atomic E-state index is -0.429. The average Bonchev–Trinajstić information content (AvgIpc) is 3.03. The smallest absolute Gasteiger partial charge is 0.269 e. The molecule has 0 aliphatic rings. The Morgan fingerprint density at radius 2 is 2.00 bits per heavy atom. The van der Waals surface area contributed by atoms with Crippen molar-refractivity contribution >= 4 is 28.6 Å². The van der Waals surface area contributed by atoms with E-state index in [1.807, 2.05) is 17.5 Å². The van der Waals surface area contributed by atoms with Gasteiger partial charge in [0, 0.05) is 35.7 Å². The van der Waals surface area contributed by atoms with E-state index in [2.05, 4.69) is 10.6 Å². The number of thiophene rings is 1. The Morgan fingerprint density at radius 1 is 1.23 bits per heavy atom. The van der Waals surface area contributed by atoms with Crippen molar-refractivity contribution in [1.82, 2.24) is 5.32 Å². The summed E-state index contributed by atoms with van der Waals surface area (Å²) in [5, 5.41) is 18.5. The molecule has 0 saturated carbocycles. The molecule has 0 saturated heterocycles. The maximum Gasteiger partial charge on any atom is 0.269 e. The molecule has 1 aromatic heterocycles. The Hall–Kier alpha value is -2.41. The number of anilines is 1. The number of carbonyl (C=O) groups excluding carboxylic acids is 1. The van der Waals surface area contributed by atoms with E-state index in [4.69, 9.17) is 0 Å². The van der Waals surface area contributed by atoms with Crippen LogP contribution in [0.1, 0.15) is 17.7 Å². The third kappa shape index (κ3) is 5.17. The Labute approximate surface area is 132 Å². The van der Waals surface area contributed by atoms with Gasteiger partial charge in [-0.05, 0) is 30.0 Å². The minimum absolute atomic E-state index is 0.0268. The summed E-state index contributed by atoms with van der Waals surface area (Å²) in [4.78, 5) is 22.9. The van der Waals surface area contributed by atoms with E-state index in [0.717, 1.165) is 10.6 Å². The van der Waals surface area contributed by atoms with Gasteiger partial charge in [0.25, 0.3) is 5.69 Å². The summed E-state index contributed by atoms with van der Waals surface area (Å²) in [6.45, 7) is 1.22. The first kappa shape index (κ1) is 16.0. The van der Waals surface area contributed by atoms with E-state index >= 15 is 0 Å². The zero-order chi connectivity index (χ0) is 15.8. The molecule has 22 heavy (non-hydrogen) atoms.